The second kappa shape index (κ2) is 8.06. The fourth-order valence-electron chi connectivity index (χ4n) is 1.94. The van der Waals surface area contributed by atoms with Crippen molar-refractivity contribution in [3.63, 3.8) is 0 Å². The van der Waals surface area contributed by atoms with Gasteiger partial charge in [-0.2, -0.15) is 0 Å². The van der Waals surface area contributed by atoms with Crippen molar-refractivity contribution < 1.29 is 8.78 Å². The van der Waals surface area contributed by atoms with Crippen LogP contribution >= 0.6 is 23.8 Å². The molecule has 22 heavy (non-hydrogen) atoms. The Bertz CT molecular complexity index is 664. The van der Waals surface area contributed by atoms with E-state index in [1.54, 1.807) is 0 Å². The van der Waals surface area contributed by atoms with Crippen LogP contribution in [0.5, 0.6) is 0 Å². The predicted molar refractivity (Wildman–Crippen MR) is 90.4 cm³/mol. The van der Waals surface area contributed by atoms with Crippen LogP contribution in [-0.4, -0.2) is 11.7 Å². The summed E-state index contributed by atoms with van der Waals surface area (Å²) in [4.78, 5) is 0. The molecule has 0 atom stereocenters. The van der Waals surface area contributed by atoms with Crippen LogP contribution in [0.15, 0.2) is 42.5 Å². The zero-order valence-electron chi connectivity index (χ0n) is 11.7. The van der Waals surface area contributed by atoms with Crippen molar-refractivity contribution >= 4 is 34.6 Å². The lowest BCUT2D eigenvalue weighted by molar-refractivity contribution is 0.586. The Labute approximate surface area is 138 Å². The van der Waals surface area contributed by atoms with Gasteiger partial charge in [-0.05, 0) is 48.8 Å². The number of nitrogens with one attached hydrogen (secondary N) is 2. The van der Waals surface area contributed by atoms with Gasteiger partial charge in [0.25, 0.3) is 0 Å². The summed E-state index contributed by atoms with van der Waals surface area (Å²) in [5.74, 6) is -1.30. The molecule has 0 fully saturated rings. The SMILES string of the molecule is Fc1ccc(NC(=S)NCCCc2ccccc2Cl)c(F)c1. The lowest BCUT2D eigenvalue weighted by atomic mass is 10.1. The minimum absolute atomic E-state index is 0.144. The third-order valence-corrected chi connectivity index (χ3v) is 3.66. The highest BCUT2D eigenvalue weighted by molar-refractivity contribution is 7.80. The maximum atomic E-state index is 13.5. The standard InChI is InChI=1S/C16H15ClF2N2S/c17-13-6-2-1-4-11(13)5-3-9-20-16(22)21-15-8-7-12(18)10-14(15)19/h1-2,4,6-8,10H,3,5,9H2,(H2,20,21,22). The van der Waals surface area contributed by atoms with E-state index in [4.69, 9.17) is 23.8 Å². The summed E-state index contributed by atoms with van der Waals surface area (Å²) in [5, 5.41) is 6.72. The van der Waals surface area contributed by atoms with E-state index in [2.05, 4.69) is 10.6 Å². The lowest BCUT2D eigenvalue weighted by Crippen LogP contribution is -2.29. The van der Waals surface area contributed by atoms with Crippen LogP contribution in [0.1, 0.15) is 12.0 Å². The van der Waals surface area contributed by atoms with Gasteiger partial charge in [0, 0.05) is 17.6 Å². The minimum Gasteiger partial charge on any atom is -0.362 e. The molecule has 0 aromatic heterocycles. The lowest BCUT2D eigenvalue weighted by Gasteiger charge is -2.11. The monoisotopic (exact) mass is 340 g/mol. The van der Waals surface area contributed by atoms with Crippen molar-refractivity contribution in [2.45, 2.75) is 12.8 Å². The molecule has 0 spiro atoms. The van der Waals surface area contributed by atoms with Gasteiger partial charge in [-0.1, -0.05) is 29.8 Å². The van der Waals surface area contributed by atoms with E-state index < -0.39 is 11.6 Å². The van der Waals surface area contributed by atoms with E-state index in [1.807, 2.05) is 24.3 Å². The summed E-state index contributed by atoms with van der Waals surface area (Å²) in [6.07, 6.45) is 1.65. The molecule has 2 nitrogen and oxygen atoms in total. The Hall–Kier alpha value is -1.72. The summed E-state index contributed by atoms with van der Waals surface area (Å²) in [7, 11) is 0. The molecule has 2 aromatic carbocycles. The van der Waals surface area contributed by atoms with Crippen molar-refractivity contribution in [1.82, 2.24) is 5.32 Å². The minimum atomic E-state index is -0.680. The number of aryl methyl sites for hydroxylation is 1. The summed E-state index contributed by atoms with van der Waals surface area (Å²) in [6, 6.07) is 11.0. The van der Waals surface area contributed by atoms with Gasteiger partial charge in [0.2, 0.25) is 0 Å². The fraction of sp³-hybridized carbons (Fsp3) is 0.188. The fourth-order valence-corrected chi connectivity index (χ4v) is 2.38. The first-order chi connectivity index (χ1) is 10.6. The number of rotatable bonds is 5. The van der Waals surface area contributed by atoms with Crippen molar-refractivity contribution in [3.05, 3.63) is 64.7 Å². The molecule has 116 valence electrons. The number of halogens is 3. The van der Waals surface area contributed by atoms with E-state index >= 15 is 0 Å². The molecular weight excluding hydrogens is 326 g/mol. The third kappa shape index (κ3) is 4.93. The van der Waals surface area contributed by atoms with Gasteiger partial charge in [-0.25, -0.2) is 8.78 Å². The number of thiocarbonyl (C=S) groups is 1. The van der Waals surface area contributed by atoms with Crippen LogP contribution in [0.4, 0.5) is 14.5 Å². The normalized spacial score (nSPS) is 10.3. The van der Waals surface area contributed by atoms with E-state index in [0.29, 0.717) is 11.7 Å². The van der Waals surface area contributed by atoms with Gasteiger partial charge in [0.15, 0.2) is 5.11 Å². The quantitative estimate of drug-likeness (QED) is 0.617. The van der Waals surface area contributed by atoms with E-state index in [0.717, 1.165) is 29.5 Å². The zero-order chi connectivity index (χ0) is 15.9. The van der Waals surface area contributed by atoms with Crippen LogP contribution in [-0.2, 0) is 6.42 Å². The topological polar surface area (TPSA) is 24.1 Å². The Morgan fingerprint density at radius 3 is 2.64 bits per heavy atom. The van der Waals surface area contributed by atoms with Crippen LogP contribution in [0.25, 0.3) is 0 Å². The zero-order valence-corrected chi connectivity index (χ0v) is 13.3. The van der Waals surface area contributed by atoms with Crippen LogP contribution in [0, 0.1) is 11.6 Å². The van der Waals surface area contributed by atoms with E-state index in [9.17, 15) is 8.78 Å². The van der Waals surface area contributed by atoms with Crippen molar-refractivity contribution in [2.24, 2.45) is 0 Å². The van der Waals surface area contributed by atoms with Gasteiger partial charge in [-0.15, -0.1) is 0 Å². The Balaban J connectivity index is 1.75. The van der Waals surface area contributed by atoms with Gasteiger partial charge in [0.1, 0.15) is 11.6 Å². The van der Waals surface area contributed by atoms with E-state index in [1.165, 1.54) is 12.1 Å². The Morgan fingerprint density at radius 2 is 1.91 bits per heavy atom. The highest BCUT2D eigenvalue weighted by atomic mass is 35.5. The summed E-state index contributed by atoms with van der Waals surface area (Å²) in [5.41, 5.74) is 1.22. The number of benzene rings is 2. The molecule has 6 heteroatoms. The molecule has 2 N–H and O–H groups in total. The first-order valence-electron chi connectivity index (χ1n) is 6.79. The molecule has 0 heterocycles. The Morgan fingerprint density at radius 1 is 1.14 bits per heavy atom. The maximum Gasteiger partial charge on any atom is 0.170 e. The highest BCUT2D eigenvalue weighted by Gasteiger charge is 2.05. The van der Waals surface area contributed by atoms with Crippen molar-refractivity contribution in [1.29, 1.82) is 0 Å². The van der Waals surface area contributed by atoms with Gasteiger partial charge in [-0.3, -0.25) is 0 Å². The molecule has 0 aliphatic heterocycles. The Kier molecular flexibility index (Phi) is 6.10. The predicted octanol–water partition coefficient (Wildman–Crippen LogP) is 4.54. The van der Waals surface area contributed by atoms with Crippen LogP contribution < -0.4 is 10.6 Å². The summed E-state index contributed by atoms with van der Waals surface area (Å²) >= 11 is 11.1. The van der Waals surface area contributed by atoms with Gasteiger partial charge >= 0.3 is 0 Å². The number of anilines is 1. The molecule has 0 amide bonds. The second-order valence-electron chi connectivity index (χ2n) is 4.70. The smallest absolute Gasteiger partial charge is 0.170 e. The molecule has 0 unspecified atom stereocenters. The average Bonchev–Trinajstić information content (AvgIpc) is 2.48. The molecule has 0 bridgehead atoms. The molecule has 0 saturated heterocycles. The number of hydrogen-bond acceptors (Lipinski definition) is 1. The first kappa shape index (κ1) is 16.6. The largest absolute Gasteiger partial charge is 0.362 e. The maximum absolute atomic E-state index is 13.5. The van der Waals surface area contributed by atoms with Crippen molar-refractivity contribution in [3.8, 4) is 0 Å². The molecule has 2 aromatic rings. The number of hydrogen-bond donors (Lipinski definition) is 2. The first-order valence-corrected chi connectivity index (χ1v) is 7.58. The molecule has 0 aliphatic carbocycles. The second-order valence-corrected chi connectivity index (χ2v) is 5.52. The van der Waals surface area contributed by atoms with E-state index in [-0.39, 0.29) is 5.69 Å². The molecular formula is C16H15ClF2N2S. The summed E-state index contributed by atoms with van der Waals surface area (Å²) < 4.78 is 26.3. The average molecular weight is 341 g/mol. The van der Waals surface area contributed by atoms with Crippen molar-refractivity contribution in [2.75, 3.05) is 11.9 Å². The van der Waals surface area contributed by atoms with Gasteiger partial charge in [0.05, 0.1) is 5.69 Å². The van der Waals surface area contributed by atoms with Gasteiger partial charge < -0.3 is 10.6 Å². The molecule has 0 saturated carbocycles. The molecule has 0 aliphatic rings. The third-order valence-electron chi connectivity index (χ3n) is 3.05. The summed E-state index contributed by atoms with van der Waals surface area (Å²) in [6.45, 7) is 0.625. The van der Waals surface area contributed by atoms with Crippen LogP contribution in [0.2, 0.25) is 5.02 Å². The highest BCUT2D eigenvalue weighted by Crippen LogP contribution is 2.16. The molecule has 0 radical (unpaired) electrons. The molecule has 2 rings (SSSR count). The van der Waals surface area contributed by atoms with Crippen LogP contribution in [0.3, 0.4) is 0 Å².